The van der Waals surface area contributed by atoms with Crippen molar-refractivity contribution in [1.29, 1.82) is 0 Å². The Hall–Kier alpha value is -1.85. The maximum absolute atomic E-state index is 13.3. The largest absolute Gasteiger partial charge is 0.315 e. The van der Waals surface area contributed by atoms with Crippen LogP contribution in [-0.4, -0.2) is 35.3 Å². The topological polar surface area (TPSA) is 50.2 Å². The molecular formula is C19H27ClN4O. The van der Waals surface area contributed by atoms with Crippen molar-refractivity contribution in [2.75, 3.05) is 24.5 Å². The molecule has 1 aliphatic heterocycles. The lowest BCUT2D eigenvalue weighted by atomic mass is 9.89. The number of rotatable bonds is 4. The lowest BCUT2D eigenvalue weighted by Crippen LogP contribution is -2.39. The summed E-state index contributed by atoms with van der Waals surface area (Å²) in [6.45, 7) is 8.45. The monoisotopic (exact) mass is 362 g/mol. The van der Waals surface area contributed by atoms with Crippen LogP contribution < -0.4 is 10.2 Å². The maximum atomic E-state index is 13.3. The minimum absolute atomic E-state index is 0. The SMILES string of the molecule is CCN(C(=O)[C@H]1CNC[C@@H]1c1cnn(C)c1)c1cccc(C)c1C.Cl. The molecule has 0 aliphatic carbocycles. The first-order valence-corrected chi connectivity index (χ1v) is 8.59. The Morgan fingerprint density at radius 1 is 1.36 bits per heavy atom. The smallest absolute Gasteiger partial charge is 0.232 e. The zero-order chi connectivity index (χ0) is 17.3. The molecule has 1 amide bonds. The fraction of sp³-hybridized carbons (Fsp3) is 0.474. The van der Waals surface area contributed by atoms with Crippen molar-refractivity contribution in [3.05, 3.63) is 47.3 Å². The average molecular weight is 363 g/mol. The van der Waals surface area contributed by atoms with Crippen molar-refractivity contribution in [3.8, 4) is 0 Å². The molecule has 1 aromatic heterocycles. The Kier molecular flexibility index (Phi) is 6.25. The van der Waals surface area contributed by atoms with E-state index in [0.29, 0.717) is 6.54 Å². The number of carbonyl (C=O) groups excluding carboxylic acids is 1. The van der Waals surface area contributed by atoms with E-state index in [4.69, 9.17) is 0 Å². The number of nitrogens with one attached hydrogen (secondary N) is 1. The van der Waals surface area contributed by atoms with Gasteiger partial charge in [0.25, 0.3) is 0 Å². The highest BCUT2D eigenvalue weighted by Gasteiger charge is 2.37. The number of hydrogen-bond acceptors (Lipinski definition) is 3. The minimum atomic E-state index is -0.0472. The molecule has 0 spiro atoms. The highest BCUT2D eigenvalue weighted by molar-refractivity contribution is 5.96. The van der Waals surface area contributed by atoms with Crippen molar-refractivity contribution < 1.29 is 4.79 Å². The first kappa shape index (κ1) is 19.5. The molecule has 0 saturated carbocycles. The molecule has 25 heavy (non-hydrogen) atoms. The van der Waals surface area contributed by atoms with Gasteiger partial charge in [-0.2, -0.15) is 5.10 Å². The number of benzene rings is 1. The molecule has 1 saturated heterocycles. The third-order valence-corrected chi connectivity index (χ3v) is 5.13. The van der Waals surface area contributed by atoms with Gasteiger partial charge in [0.1, 0.15) is 0 Å². The normalized spacial score (nSPS) is 19.5. The molecule has 0 radical (unpaired) electrons. The van der Waals surface area contributed by atoms with E-state index in [-0.39, 0.29) is 30.2 Å². The molecule has 5 nitrogen and oxygen atoms in total. The van der Waals surface area contributed by atoms with Crippen molar-refractivity contribution in [2.24, 2.45) is 13.0 Å². The number of hydrogen-bond donors (Lipinski definition) is 1. The number of aromatic nitrogens is 2. The van der Waals surface area contributed by atoms with Gasteiger partial charge in [-0.05, 0) is 43.5 Å². The van der Waals surface area contributed by atoms with Gasteiger partial charge in [0.15, 0.2) is 0 Å². The van der Waals surface area contributed by atoms with Crippen LogP contribution in [0.5, 0.6) is 0 Å². The molecule has 1 fully saturated rings. The third kappa shape index (κ3) is 3.72. The first-order chi connectivity index (χ1) is 11.5. The summed E-state index contributed by atoms with van der Waals surface area (Å²) in [5.74, 6) is 0.337. The highest BCUT2D eigenvalue weighted by Crippen LogP contribution is 2.32. The Balaban J connectivity index is 0.00000225. The molecule has 3 rings (SSSR count). The molecular weight excluding hydrogens is 336 g/mol. The van der Waals surface area contributed by atoms with E-state index in [1.54, 1.807) is 4.68 Å². The van der Waals surface area contributed by atoms with Crippen molar-refractivity contribution in [1.82, 2.24) is 15.1 Å². The van der Waals surface area contributed by atoms with Gasteiger partial charge in [0.2, 0.25) is 5.91 Å². The van der Waals surface area contributed by atoms with Crippen LogP contribution >= 0.6 is 12.4 Å². The molecule has 6 heteroatoms. The number of halogens is 1. The second-order valence-corrected chi connectivity index (χ2v) is 6.62. The van der Waals surface area contributed by atoms with E-state index >= 15 is 0 Å². The van der Waals surface area contributed by atoms with E-state index in [1.807, 2.05) is 43.4 Å². The molecule has 1 aromatic carbocycles. The molecule has 2 heterocycles. The van der Waals surface area contributed by atoms with Crippen molar-refractivity contribution in [3.63, 3.8) is 0 Å². The van der Waals surface area contributed by atoms with Crippen molar-refractivity contribution in [2.45, 2.75) is 26.7 Å². The van der Waals surface area contributed by atoms with Crippen LogP contribution in [0, 0.1) is 19.8 Å². The van der Waals surface area contributed by atoms with E-state index in [1.165, 1.54) is 11.1 Å². The predicted octanol–water partition coefficient (Wildman–Crippen LogP) is 2.81. The van der Waals surface area contributed by atoms with Gasteiger partial charge in [0.05, 0.1) is 12.1 Å². The maximum Gasteiger partial charge on any atom is 0.232 e. The summed E-state index contributed by atoms with van der Waals surface area (Å²) in [4.78, 5) is 15.2. The lowest BCUT2D eigenvalue weighted by molar-refractivity contribution is -0.122. The van der Waals surface area contributed by atoms with Gasteiger partial charge < -0.3 is 10.2 Å². The van der Waals surface area contributed by atoms with Crippen LogP contribution in [0.3, 0.4) is 0 Å². The van der Waals surface area contributed by atoms with Gasteiger partial charge in [-0.25, -0.2) is 0 Å². The Bertz CT molecular complexity index is 743. The average Bonchev–Trinajstić information content (AvgIpc) is 3.20. The number of carbonyl (C=O) groups is 1. The predicted molar refractivity (Wildman–Crippen MR) is 103 cm³/mol. The summed E-state index contributed by atoms with van der Waals surface area (Å²) in [6.07, 6.45) is 3.90. The Labute approximate surface area is 155 Å². The van der Waals surface area contributed by atoms with Crippen LogP contribution in [0.15, 0.2) is 30.6 Å². The van der Waals surface area contributed by atoms with Gasteiger partial charge in [-0.15, -0.1) is 12.4 Å². The standard InChI is InChI=1S/C19H26N4O.ClH/c1-5-23(18-8-6-7-13(2)14(18)3)19(24)17-11-20-10-16(17)15-9-21-22(4)12-15;/h6-9,12,16-17,20H,5,10-11H2,1-4H3;1H/t16-,17+;/m1./s1. The van der Waals surface area contributed by atoms with E-state index in [0.717, 1.165) is 24.3 Å². The van der Waals surface area contributed by atoms with Crippen LogP contribution in [0.1, 0.15) is 29.5 Å². The molecule has 1 aliphatic rings. The molecule has 2 aromatic rings. The number of amides is 1. The van der Waals surface area contributed by atoms with Gasteiger partial charge in [-0.1, -0.05) is 12.1 Å². The minimum Gasteiger partial charge on any atom is -0.315 e. The Morgan fingerprint density at radius 3 is 2.76 bits per heavy atom. The summed E-state index contributed by atoms with van der Waals surface area (Å²) in [6, 6.07) is 6.16. The third-order valence-electron chi connectivity index (χ3n) is 5.13. The van der Waals surface area contributed by atoms with Gasteiger partial charge in [0, 0.05) is 44.5 Å². The molecule has 2 atom stereocenters. The molecule has 0 unspecified atom stereocenters. The fourth-order valence-corrected chi connectivity index (χ4v) is 3.59. The van der Waals surface area contributed by atoms with Crippen LogP contribution in [-0.2, 0) is 11.8 Å². The number of aryl methyl sites for hydroxylation is 2. The highest BCUT2D eigenvalue weighted by atomic mass is 35.5. The zero-order valence-corrected chi connectivity index (χ0v) is 16.1. The number of nitrogens with zero attached hydrogens (tertiary/aromatic N) is 3. The lowest BCUT2D eigenvalue weighted by Gasteiger charge is -2.28. The summed E-state index contributed by atoms with van der Waals surface area (Å²) in [7, 11) is 1.91. The quantitative estimate of drug-likeness (QED) is 0.909. The second kappa shape index (κ2) is 8.02. The molecule has 0 bridgehead atoms. The van der Waals surface area contributed by atoms with Crippen molar-refractivity contribution >= 4 is 24.0 Å². The van der Waals surface area contributed by atoms with Gasteiger partial charge >= 0.3 is 0 Å². The summed E-state index contributed by atoms with van der Waals surface area (Å²) in [5.41, 5.74) is 4.56. The first-order valence-electron chi connectivity index (χ1n) is 8.59. The molecule has 1 N–H and O–H groups in total. The Morgan fingerprint density at radius 2 is 2.12 bits per heavy atom. The van der Waals surface area contributed by atoms with E-state index in [2.05, 4.69) is 30.3 Å². The van der Waals surface area contributed by atoms with Gasteiger partial charge in [-0.3, -0.25) is 9.48 Å². The fourth-order valence-electron chi connectivity index (χ4n) is 3.59. The van der Waals surface area contributed by atoms with Crippen LogP contribution in [0.25, 0.3) is 0 Å². The van der Waals surface area contributed by atoms with Crippen LogP contribution in [0.4, 0.5) is 5.69 Å². The van der Waals surface area contributed by atoms with Crippen LogP contribution in [0.2, 0.25) is 0 Å². The summed E-state index contributed by atoms with van der Waals surface area (Å²) >= 11 is 0. The zero-order valence-electron chi connectivity index (χ0n) is 15.3. The summed E-state index contributed by atoms with van der Waals surface area (Å²) in [5, 5.41) is 7.65. The summed E-state index contributed by atoms with van der Waals surface area (Å²) < 4.78 is 1.80. The molecule has 136 valence electrons. The van der Waals surface area contributed by atoms with E-state index < -0.39 is 0 Å². The number of anilines is 1. The second-order valence-electron chi connectivity index (χ2n) is 6.62. The van der Waals surface area contributed by atoms with E-state index in [9.17, 15) is 4.79 Å².